The van der Waals surface area contributed by atoms with E-state index >= 15 is 0 Å². The van der Waals surface area contributed by atoms with Crippen molar-refractivity contribution in [3.05, 3.63) is 35.1 Å². The van der Waals surface area contributed by atoms with Crippen LogP contribution in [0.25, 0.3) is 0 Å². The summed E-state index contributed by atoms with van der Waals surface area (Å²) in [5.74, 6) is -1.85. The van der Waals surface area contributed by atoms with Crippen LogP contribution in [0.5, 0.6) is 0 Å². The number of halogens is 1. The fourth-order valence-electron chi connectivity index (χ4n) is 1.47. The number of sulfonamides is 1. The van der Waals surface area contributed by atoms with Crippen LogP contribution in [0.3, 0.4) is 0 Å². The molecule has 0 aromatic heterocycles. The van der Waals surface area contributed by atoms with Crippen LogP contribution in [0.1, 0.15) is 28.9 Å². The summed E-state index contributed by atoms with van der Waals surface area (Å²) in [6, 6.07) is 2.31. The zero-order chi connectivity index (χ0) is 13.2. The fraction of sp³-hybridized carbons (Fsp3) is 0.300. The van der Waals surface area contributed by atoms with Gasteiger partial charge < -0.3 is 5.11 Å². The standard InChI is InChI=1S/C10H12FNO4S/c1-6(12-17(2,15)16)9-5-7(11)3-4-8(9)10(13)14/h3-6,12H,1-2H3,(H,13,14). The molecule has 17 heavy (non-hydrogen) atoms. The van der Waals surface area contributed by atoms with E-state index in [0.717, 1.165) is 24.5 Å². The Balaban J connectivity index is 3.19. The van der Waals surface area contributed by atoms with Crippen molar-refractivity contribution >= 4 is 16.0 Å². The van der Waals surface area contributed by atoms with Gasteiger partial charge in [0.15, 0.2) is 0 Å². The van der Waals surface area contributed by atoms with Crippen LogP contribution in [0, 0.1) is 5.82 Å². The number of carboxylic acid groups (broad SMARTS) is 1. The lowest BCUT2D eigenvalue weighted by Crippen LogP contribution is -2.26. The van der Waals surface area contributed by atoms with Crippen molar-refractivity contribution in [2.45, 2.75) is 13.0 Å². The molecule has 0 aliphatic heterocycles. The van der Waals surface area contributed by atoms with Crippen molar-refractivity contribution in [1.29, 1.82) is 0 Å². The quantitative estimate of drug-likeness (QED) is 0.851. The molecular weight excluding hydrogens is 249 g/mol. The third-order valence-corrected chi connectivity index (χ3v) is 2.88. The van der Waals surface area contributed by atoms with Gasteiger partial charge in [0.25, 0.3) is 0 Å². The summed E-state index contributed by atoms with van der Waals surface area (Å²) in [5, 5.41) is 8.90. The van der Waals surface area contributed by atoms with Crippen LogP contribution in [0.4, 0.5) is 4.39 Å². The number of hydrogen-bond donors (Lipinski definition) is 2. The molecule has 0 bridgehead atoms. The van der Waals surface area contributed by atoms with Gasteiger partial charge in [0, 0.05) is 6.04 Å². The Labute approximate surface area is 98.3 Å². The van der Waals surface area contributed by atoms with Gasteiger partial charge in [-0.25, -0.2) is 22.3 Å². The average Bonchev–Trinajstić information content (AvgIpc) is 2.14. The first-order chi connectivity index (χ1) is 7.70. The first-order valence-electron chi connectivity index (χ1n) is 4.71. The summed E-state index contributed by atoms with van der Waals surface area (Å²) < 4.78 is 37.3. The van der Waals surface area contributed by atoms with E-state index in [9.17, 15) is 17.6 Å². The van der Waals surface area contributed by atoms with E-state index in [0.29, 0.717) is 0 Å². The Morgan fingerprint density at radius 2 is 2.06 bits per heavy atom. The number of aromatic carboxylic acids is 1. The molecule has 5 nitrogen and oxygen atoms in total. The molecule has 0 heterocycles. The van der Waals surface area contributed by atoms with Crippen molar-refractivity contribution in [2.75, 3.05) is 6.26 Å². The number of benzene rings is 1. The van der Waals surface area contributed by atoms with Gasteiger partial charge in [-0.1, -0.05) is 0 Å². The largest absolute Gasteiger partial charge is 0.478 e. The first kappa shape index (κ1) is 13.6. The molecule has 1 aromatic rings. The van der Waals surface area contributed by atoms with Gasteiger partial charge in [-0.15, -0.1) is 0 Å². The SMILES string of the molecule is CC(NS(C)(=O)=O)c1cc(F)ccc1C(=O)O. The van der Waals surface area contributed by atoms with Crippen LogP contribution >= 0.6 is 0 Å². The first-order valence-corrected chi connectivity index (χ1v) is 6.60. The normalized spacial score (nSPS) is 13.4. The third kappa shape index (κ3) is 3.79. The lowest BCUT2D eigenvalue weighted by Gasteiger charge is -2.15. The molecule has 0 aliphatic carbocycles. The minimum atomic E-state index is -3.49. The number of carbonyl (C=O) groups is 1. The predicted molar refractivity (Wildman–Crippen MR) is 59.8 cm³/mol. The van der Waals surface area contributed by atoms with Gasteiger partial charge in [0.05, 0.1) is 11.8 Å². The molecule has 0 spiro atoms. The Hall–Kier alpha value is -1.47. The van der Waals surface area contributed by atoms with Crippen molar-refractivity contribution < 1.29 is 22.7 Å². The van der Waals surface area contributed by atoms with E-state index in [1.165, 1.54) is 6.92 Å². The maximum Gasteiger partial charge on any atom is 0.336 e. The highest BCUT2D eigenvalue weighted by Gasteiger charge is 2.18. The molecule has 0 amide bonds. The molecule has 0 saturated heterocycles. The molecule has 1 rings (SSSR count). The van der Waals surface area contributed by atoms with E-state index in [1.807, 2.05) is 0 Å². The second-order valence-electron chi connectivity index (χ2n) is 3.65. The summed E-state index contributed by atoms with van der Waals surface area (Å²) in [6.07, 6.45) is 0.948. The third-order valence-electron chi connectivity index (χ3n) is 2.10. The number of hydrogen-bond acceptors (Lipinski definition) is 3. The molecule has 0 aliphatic rings. The summed E-state index contributed by atoms with van der Waals surface area (Å²) in [7, 11) is -3.49. The summed E-state index contributed by atoms with van der Waals surface area (Å²) in [4.78, 5) is 10.9. The smallest absolute Gasteiger partial charge is 0.336 e. The number of carboxylic acids is 1. The van der Waals surface area contributed by atoms with Crippen LogP contribution in [-0.4, -0.2) is 25.7 Å². The molecule has 1 aromatic carbocycles. The fourth-order valence-corrected chi connectivity index (χ4v) is 2.24. The Kier molecular flexibility index (Phi) is 3.84. The van der Waals surface area contributed by atoms with Crippen LogP contribution in [0.2, 0.25) is 0 Å². The molecule has 1 atom stereocenters. The highest BCUT2D eigenvalue weighted by atomic mass is 32.2. The van der Waals surface area contributed by atoms with E-state index in [4.69, 9.17) is 5.11 Å². The Bertz CT molecular complexity index is 541. The van der Waals surface area contributed by atoms with Gasteiger partial charge in [0.2, 0.25) is 10.0 Å². The van der Waals surface area contributed by atoms with Crippen molar-refractivity contribution in [3.63, 3.8) is 0 Å². The monoisotopic (exact) mass is 261 g/mol. The molecule has 2 N–H and O–H groups in total. The molecule has 0 saturated carbocycles. The predicted octanol–water partition coefficient (Wildman–Crippen LogP) is 1.13. The van der Waals surface area contributed by atoms with Gasteiger partial charge >= 0.3 is 5.97 Å². The minimum Gasteiger partial charge on any atom is -0.478 e. The van der Waals surface area contributed by atoms with Gasteiger partial charge in [-0.05, 0) is 30.7 Å². The van der Waals surface area contributed by atoms with Gasteiger partial charge in [-0.2, -0.15) is 0 Å². The van der Waals surface area contributed by atoms with Crippen LogP contribution in [-0.2, 0) is 10.0 Å². The highest BCUT2D eigenvalue weighted by molar-refractivity contribution is 7.88. The van der Waals surface area contributed by atoms with E-state index in [-0.39, 0.29) is 11.1 Å². The molecule has 7 heteroatoms. The van der Waals surface area contributed by atoms with Gasteiger partial charge in [0.1, 0.15) is 5.82 Å². The lowest BCUT2D eigenvalue weighted by molar-refractivity contribution is 0.0695. The maximum atomic E-state index is 13.0. The summed E-state index contributed by atoms with van der Waals surface area (Å²) in [6.45, 7) is 1.45. The maximum absolute atomic E-state index is 13.0. The molecule has 0 fully saturated rings. The Morgan fingerprint density at radius 1 is 1.47 bits per heavy atom. The van der Waals surface area contributed by atoms with Crippen LogP contribution in [0.15, 0.2) is 18.2 Å². The van der Waals surface area contributed by atoms with Crippen molar-refractivity contribution in [3.8, 4) is 0 Å². The van der Waals surface area contributed by atoms with E-state index in [1.54, 1.807) is 0 Å². The summed E-state index contributed by atoms with van der Waals surface area (Å²) >= 11 is 0. The minimum absolute atomic E-state index is 0.0860. The van der Waals surface area contributed by atoms with Gasteiger partial charge in [-0.3, -0.25) is 0 Å². The number of nitrogens with one attached hydrogen (secondary N) is 1. The zero-order valence-electron chi connectivity index (χ0n) is 9.27. The molecular formula is C10H12FNO4S. The lowest BCUT2D eigenvalue weighted by atomic mass is 10.0. The zero-order valence-corrected chi connectivity index (χ0v) is 10.1. The van der Waals surface area contributed by atoms with Crippen LogP contribution < -0.4 is 4.72 Å². The second kappa shape index (κ2) is 4.80. The van der Waals surface area contributed by atoms with Crippen molar-refractivity contribution in [1.82, 2.24) is 4.72 Å². The Morgan fingerprint density at radius 3 is 2.53 bits per heavy atom. The highest BCUT2D eigenvalue weighted by Crippen LogP contribution is 2.20. The summed E-state index contributed by atoms with van der Waals surface area (Å²) in [5.41, 5.74) is -0.0435. The second-order valence-corrected chi connectivity index (χ2v) is 5.43. The molecule has 0 radical (unpaired) electrons. The van der Waals surface area contributed by atoms with Crippen molar-refractivity contribution in [2.24, 2.45) is 0 Å². The average molecular weight is 261 g/mol. The topological polar surface area (TPSA) is 83.5 Å². The number of rotatable bonds is 4. The van der Waals surface area contributed by atoms with E-state index in [2.05, 4.69) is 4.72 Å². The molecule has 1 unspecified atom stereocenters. The van der Waals surface area contributed by atoms with E-state index < -0.39 is 27.9 Å². The molecule has 94 valence electrons.